The molecule has 1 aliphatic rings. The van der Waals surface area contributed by atoms with Crippen molar-refractivity contribution in [2.24, 2.45) is 0 Å². The quantitative estimate of drug-likeness (QED) is 0.701. The van der Waals surface area contributed by atoms with Gasteiger partial charge in [0.25, 0.3) is 5.91 Å². The second-order valence-electron chi connectivity index (χ2n) is 7.30. The van der Waals surface area contributed by atoms with E-state index in [9.17, 15) is 4.79 Å². The molecule has 0 aliphatic carbocycles. The zero-order chi connectivity index (χ0) is 18.4. The number of carbonyl (C=O) groups excluding carboxylic acids is 1. The average molecular weight is 416 g/mol. The maximum absolute atomic E-state index is 12.8. The molecule has 0 saturated carbocycles. The Morgan fingerprint density at radius 3 is 2.88 bits per heavy atom. The van der Waals surface area contributed by atoms with E-state index >= 15 is 0 Å². The topological polar surface area (TPSA) is 66.8 Å². The fraction of sp³-hybridized carbons (Fsp3) is 0.421. The smallest absolute Gasteiger partial charge is 0.274 e. The van der Waals surface area contributed by atoms with Gasteiger partial charge in [-0.2, -0.15) is 10.2 Å². The van der Waals surface area contributed by atoms with Crippen LogP contribution in [0.5, 0.6) is 0 Å². The number of H-pyrrole nitrogens is 1. The average Bonchev–Trinajstić information content (AvgIpc) is 3.32. The van der Waals surface area contributed by atoms with Gasteiger partial charge in [0.1, 0.15) is 5.69 Å². The Labute approximate surface area is 160 Å². The molecule has 1 aromatic carbocycles. The van der Waals surface area contributed by atoms with Crippen LogP contribution in [0, 0.1) is 6.92 Å². The molecule has 3 aromatic rings. The lowest BCUT2D eigenvalue weighted by molar-refractivity contribution is 0.0781. The Hall–Kier alpha value is -2.15. The summed E-state index contributed by atoms with van der Waals surface area (Å²) in [5.41, 5.74) is 3.79. The van der Waals surface area contributed by atoms with E-state index < -0.39 is 0 Å². The molecule has 1 unspecified atom stereocenters. The summed E-state index contributed by atoms with van der Waals surface area (Å²) in [4.78, 5) is 14.7. The first-order valence-corrected chi connectivity index (χ1v) is 9.71. The Kier molecular flexibility index (Phi) is 4.34. The number of benzene rings is 1. The zero-order valence-electron chi connectivity index (χ0n) is 15.2. The number of rotatable bonds is 3. The third-order valence-corrected chi connectivity index (χ3v) is 5.58. The van der Waals surface area contributed by atoms with Crippen LogP contribution >= 0.6 is 15.9 Å². The van der Waals surface area contributed by atoms with Crippen molar-refractivity contribution in [3.63, 3.8) is 0 Å². The van der Waals surface area contributed by atoms with E-state index in [-0.39, 0.29) is 11.9 Å². The molecule has 0 radical (unpaired) electrons. The van der Waals surface area contributed by atoms with Crippen LogP contribution in [0.3, 0.4) is 0 Å². The van der Waals surface area contributed by atoms with Crippen molar-refractivity contribution in [1.29, 1.82) is 0 Å². The molecule has 3 heterocycles. The first-order valence-electron chi connectivity index (χ1n) is 8.92. The monoisotopic (exact) mass is 415 g/mol. The lowest BCUT2D eigenvalue weighted by Gasteiger charge is -2.16. The SMILES string of the molecule is Cc1cc(Br)cc2c1cnn2C1CCN(C(=O)c2cc(C(C)C)[nH]n2)C1. The molecule has 1 fully saturated rings. The predicted octanol–water partition coefficient (Wildman–Crippen LogP) is 4.04. The van der Waals surface area contributed by atoms with E-state index in [4.69, 9.17) is 0 Å². The van der Waals surface area contributed by atoms with E-state index in [1.165, 1.54) is 5.56 Å². The Balaban J connectivity index is 1.56. The number of likely N-dealkylation sites (tertiary alicyclic amines) is 1. The maximum Gasteiger partial charge on any atom is 0.274 e. The van der Waals surface area contributed by atoms with Gasteiger partial charge in [-0.15, -0.1) is 0 Å². The second kappa shape index (κ2) is 6.54. The summed E-state index contributed by atoms with van der Waals surface area (Å²) in [6, 6.07) is 6.25. The number of aromatic amines is 1. The number of hydrogen-bond donors (Lipinski definition) is 1. The van der Waals surface area contributed by atoms with Gasteiger partial charge >= 0.3 is 0 Å². The third kappa shape index (κ3) is 2.94. The molecule has 6 nitrogen and oxygen atoms in total. The van der Waals surface area contributed by atoms with E-state index in [2.05, 4.69) is 68.8 Å². The lowest BCUT2D eigenvalue weighted by atomic mass is 10.1. The van der Waals surface area contributed by atoms with E-state index in [1.54, 1.807) is 0 Å². The number of nitrogens with zero attached hydrogens (tertiary/aromatic N) is 4. The maximum atomic E-state index is 12.8. The summed E-state index contributed by atoms with van der Waals surface area (Å²) in [6.45, 7) is 7.63. The highest BCUT2D eigenvalue weighted by atomic mass is 79.9. The van der Waals surface area contributed by atoms with Crippen LogP contribution in [0.15, 0.2) is 28.9 Å². The van der Waals surface area contributed by atoms with Gasteiger partial charge < -0.3 is 4.90 Å². The normalized spacial score (nSPS) is 17.6. The van der Waals surface area contributed by atoms with Gasteiger partial charge in [0.15, 0.2) is 0 Å². The van der Waals surface area contributed by atoms with Crippen LogP contribution in [0.1, 0.15) is 54.0 Å². The van der Waals surface area contributed by atoms with Crippen molar-refractivity contribution in [2.45, 2.75) is 39.2 Å². The minimum Gasteiger partial charge on any atom is -0.335 e. The molecule has 2 aromatic heterocycles. The van der Waals surface area contributed by atoms with Gasteiger partial charge in [-0.1, -0.05) is 29.8 Å². The van der Waals surface area contributed by atoms with Gasteiger partial charge in [-0.25, -0.2) is 0 Å². The molecular weight excluding hydrogens is 394 g/mol. The van der Waals surface area contributed by atoms with Gasteiger partial charge in [-0.05, 0) is 43.0 Å². The predicted molar refractivity (Wildman–Crippen MR) is 104 cm³/mol. The summed E-state index contributed by atoms with van der Waals surface area (Å²) in [6.07, 6.45) is 2.82. The van der Waals surface area contributed by atoms with Crippen LogP contribution < -0.4 is 0 Å². The van der Waals surface area contributed by atoms with Gasteiger partial charge in [-0.3, -0.25) is 14.6 Å². The van der Waals surface area contributed by atoms with Crippen molar-refractivity contribution in [3.05, 3.63) is 45.8 Å². The highest BCUT2D eigenvalue weighted by molar-refractivity contribution is 9.10. The fourth-order valence-corrected chi connectivity index (χ4v) is 4.16. The molecule has 1 atom stereocenters. The number of aromatic nitrogens is 4. The number of halogens is 1. The largest absolute Gasteiger partial charge is 0.335 e. The number of aryl methyl sites for hydroxylation is 1. The first-order chi connectivity index (χ1) is 12.4. The number of nitrogens with one attached hydrogen (secondary N) is 1. The summed E-state index contributed by atoms with van der Waals surface area (Å²) in [5.74, 6) is 0.317. The molecule has 7 heteroatoms. The number of fused-ring (bicyclic) bond motifs is 1. The van der Waals surface area contributed by atoms with Crippen molar-refractivity contribution in [2.75, 3.05) is 13.1 Å². The van der Waals surface area contributed by atoms with Crippen molar-refractivity contribution in [3.8, 4) is 0 Å². The van der Waals surface area contributed by atoms with Gasteiger partial charge in [0, 0.05) is 28.6 Å². The van der Waals surface area contributed by atoms with Crippen LogP contribution in [0.2, 0.25) is 0 Å². The molecule has 1 amide bonds. The van der Waals surface area contributed by atoms with Crippen molar-refractivity contribution < 1.29 is 4.79 Å². The molecule has 1 N–H and O–H groups in total. The number of hydrogen-bond acceptors (Lipinski definition) is 3. The van der Waals surface area contributed by atoms with Crippen LogP contribution in [0.4, 0.5) is 0 Å². The first kappa shape index (κ1) is 17.3. The standard InChI is InChI=1S/C19H22BrN5O/c1-11(2)16-8-17(23-22-16)19(26)24-5-4-14(10-24)25-18-7-13(20)6-12(3)15(18)9-21-25/h6-9,11,14H,4-5,10H2,1-3H3,(H,22,23). The van der Waals surface area contributed by atoms with Crippen LogP contribution in [-0.2, 0) is 0 Å². The van der Waals surface area contributed by atoms with E-state index in [0.717, 1.165) is 34.0 Å². The summed E-state index contributed by atoms with van der Waals surface area (Å²) in [7, 11) is 0. The fourth-order valence-electron chi connectivity index (χ4n) is 3.60. The minimum atomic E-state index is -0.00975. The molecule has 0 bridgehead atoms. The Bertz CT molecular complexity index is 974. The van der Waals surface area contributed by atoms with Crippen molar-refractivity contribution >= 4 is 32.7 Å². The molecule has 4 rings (SSSR count). The Morgan fingerprint density at radius 2 is 2.15 bits per heavy atom. The third-order valence-electron chi connectivity index (χ3n) is 5.12. The van der Waals surface area contributed by atoms with Gasteiger partial charge in [0.2, 0.25) is 0 Å². The summed E-state index contributed by atoms with van der Waals surface area (Å²) in [5, 5.41) is 12.9. The molecule has 1 aliphatic heterocycles. The molecular formula is C19H22BrN5O. The van der Waals surface area contributed by atoms with Crippen molar-refractivity contribution in [1.82, 2.24) is 24.9 Å². The number of carbonyl (C=O) groups is 1. The van der Waals surface area contributed by atoms with Gasteiger partial charge in [0.05, 0.1) is 17.8 Å². The van der Waals surface area contributed by atoms with E-state index in [1.807, 2.05) is 17.2 Å². The highest BCUT2D eigenvalue weighted by Crippen LogP contribution is 2.30. The van der Waals surface area contributed by atoms with E-state index in [0.29, 0.717) is 18.2 Å². The zero-order valence-corrected chi connectivity index (χ0v) is 16.7. The molecule has 0 spiro atoms. The van der Waals surface area contributed by atoms with Crippen LogP contribution in [0.25, 0.3) is 10.9 Å². The lowest BCUT2D eigenvalue weighted by Crippen LogP contribution is -2.29. The highest BCUT2D eigenvalue weighted by Gasteiger charge is 2.30. The molecule has 26 heavy (non-hydrogen) atoms. The Morgan fingerprint density at radius 1 is 1.35 bits per heavy atom. The van der Waals surface area contributed by atoms with Crippen LogP contribution in [-0.4, -0.2) is 43.9 Å². The molecule has 1 saturated heterocycles. The molecule has 136 valence electrons. The number of amides is 1. The summed E-state index contributed by atoms with van der Waals surface area (Å²) < 4.78 is 3.11. The summed E-state index contributed by atoms with van der Waals surface area (Å²) >= 11 is 3.57. The second-order valence-corrected chi connectivity index (χ2v) is 8.22. The minimum absolute atomic E-state index is 0.00975.